The number of rotatable bonds is 6. The molecule has 1 heterocycles. The van der Waals surface area contributed by atoms with Crippen LogP contribution in [0.25, 0.3) is 0 Å². The Bertz CT molecular complexity index is 939. The van der Waals surface area contributed by atoms with Crippen LogP contribution in [0.4, 0.5) is 5.69 Å². The van der Waals surface area contributed by atoms with Crippen LogP contribution in [0.5, 0.6) is 5.75 Å². The number of hydrogen-bond donors (Lipinski definition) is 1. The number of anilines is 1. The van der Waals surface area contributed by atoms with E-state index in [9.17, 15) is 4.79 Å². The maximum absolute atomic E-state index is 12.2. The molecule has 6 heteroatoms. The fraction of sp³-hybridized carbons (Fsp3) is 0.150. The van der Waals surface area contributed by atoms with E-state index in [0.717, 1.165) is 12.2 Å². The molecule has 1 N–H and O–H groups in total. The molecule has 0 aliphatic heterocycles. The number of aryl methyl sites for hydroxylation is 1. The number of hydrogen-bond acceptors (Lipinski definition) is 4. The number of carbonyl (C=O) groups excluding carboxylic acids is 1. The molecule has 0 radical (unpaired) electrons. The van der Waals surface area contributed by atoms with Crippen LogP contribution in [0.15, 0.2) is 60.9 Å². The first-order valence-electron chi connectivity index (χ1n) is 8.23. The summed E-state index contributed by atoms with van der Waals surface area (Å²) in [5.41, 5.74) is 2.67. The van der Waals surface area contributed by atoms with Gasteiger partial charge in [-0.1, -0.05) is 25.1 Å². The molecule has 6 nitrogen and oxygen atoms in total. The van der Waals surface area contributed by atoms with Crippen molar-refractivity contribution in [3.8, 4) is 11.8 Å². The van der Waals surface area contributed by atoms with Gasteiger partial charge in [0, 0.05) is 5.56 Å². The Hall–Kier alpha value is -3.59. The summed E-state index contributed by atoms with van der Waals surface area (Å²) >= 11 is 0. The van der Waals surface area contributed by atoms with E-state index in [0.29, 0.717) is 16.8 Å². The number of amides is 1. The monoisotopic (exact) mass is 346 g/mol. The normalized spacial score (nSPS) is 10.2. The summed E-state index contributed by atoms with van der Waals surface area (Å²) in [7, 11) is 0. The maximum atomic E-state index is 12.2. The third-order valence-electron chi connectivity index (χ3n) is 3.84. The topological polar surface area (TPSA) is 79.9 Å². The Morgan fingerprint density at radius 1 is 1.27 bits per heavy atom. The average molecular weight is 346 g/mol. The Kier molecular flexibility index (Phi) is 5.30. The van der Waals surface area contributed by atoms with Crippen molar-refractivity contribution in [3.05, 3.63) is 77.6 Å². The molecule has 1 amide bonds. The van der Waals surface area contributed by atoms with Gasteiger partial charge in [-0.05, 0) is 42.3 Å². The van der Waals surface area contributed by atoms with E-state index in [1.165, 1.54) is 5.56 Å². The molecule has 3 aromatic rings. The fourth-order valence-electron chi connectivity index (χ4n) is 2.39. The number of nitrogens with zero attached hydrogens (tertiary/aromatic N) is 3. The summed E-state index contributed by atoms with van der Waals surface area (Å²) in [4.78, 5) is 12.2. The Balaban J connectivity index is 1.58. The van der Waals surface area contributed by atoms with Crippen LogP contribution in [0, 0.1) is 11.3 Å². The standard InChI is InChI=1S/C20H18N4O2/c1-2-15-6-8-19(9-7-15)26-14-24-13-18(12-22-24)23-20(25)17-5-3-4-16(10-17)11-21/h3-10,12-13H,2,14H2,1H3,(H,23,25). The van der Waals surface area contributed by atoms with Crippen LogP contribution in [-0.4, -0.2) is 15.7 Å². The zero-order valence-electron chi connectivity index (χ0n) is 14.3. The zero-order valence-corrected chi connectivity index (χ0v) is 14.3. The quantitative estimate of drug-likeness (QED) is 0.739. The van der Waals surface area contributed by atoms with E-state index in [-0.39, 0.29) is 12.6 Å². The van der Waals surface area contributed by atoms with E-state index >= 15 is 0 Å². The largest absolute Gasteiger partial charge is 0.471 e. The van der Waals surface area contributed by atoms with Gasteiger partial charge in [0.1, 0.15) is 5.75 Å². The molecule has 0 spiro atoms. The summed E-state index contributed by atoms with van der Waals surface area (Å²) in [5, 5.41) is 15.8. The third-order valence-corrected chi connectivity index (χ3v) is 3.84. The second-order valence-corrected chi connectivity index (χ2v) is 5.69. The molecule has 130 valence electrons. The molecule has 0 aliphatic rings. The van der Waals surface area contributed by atoms with Crippen molar-refractivity contribution in [1.82, 2.24) is 9.78 Å². The molecule has 26 heavy (non-hydrogen) atoms. The molecule has 1 aromatic heterocycles. The minimum Gasteiger partial charge on any atom is -0.471 e. The van der Waals surface area contributed by atoms with Crippen molar-refractivity contribution in [2.45, 2.75) is 20.1 Å². The van der Waals surface area contributed by atoms with Crippen molar-refractivity contribution in [2.24, 2.45) is 0 Å². The molecule has 0 saturated heterocycles. The molecule has 0 aliphatic carbocycles. The van der Waals surface area contributed by atoms with Crippen LogP contribution in [-0.2, 0) is 13.2 Å². The molecule has 3 rings (SSSR count). The second kappa shape index (κ2) is 7.99. The van der Waals surface area contributed by atoms with Gasteiger partial charge in [0.15, 0.2) is 6.73 Å². The first kappa shape index (κ1) is 17.2. The Morgan fingerprint density at radius 2 is 2.08 bits per heavy atom. The Morgan fingerprint density at radius 3 is 2.81 bits per heavy atom. The van der Waals surface area contributed by atoms with Gasteiger partial charge in [-0.2, -0.15) is 10.4 Å². The van der Waals surface area contributed by atoms with Gasteiger partial charge in [0.25, 0.3) is 5.91 Å². The highest BCUT2D eigenvalue weighted by molar-refractivity contribution is 6.04. The van der Waals surface area contributed by atoms with Gasteiger partial charge in [-0.3, -0.25) is 4.79 Å². The summed E-state index contributed by atoms with van der Waals surface area (Å²) < 4.78 is 7.27. The molecular weight excluding hydrogens is 328 g/mol. The van der Waals surface area contributed by atoms with Crippen LogP contribution < -0.4 is 10.1 Å². The summed E-state index contributed by atoms with van der Waals surface area (Å²) in [5.74, 6) is 0.467. The number of aromatic nitrogens is 2. The molecule has 0 atom stereocenters. The van der Waals surface area contributed by atoms with E-state index in [2.05, 4.69) is 17.3 Å². The molecular formula is C20H18N4O2. The molecule has 0 fully saturated rings. The lowest BCUT2D eigenvalue weighted by molar-refractivity contribution is 0.102. The van der Waals surface area contributed by atoms with Crippen LogP contribution in [0.1, 0.15) is 28.4 Å². The van der Waals surface area contributed by atoms with Crippen molar-refractivity contribution in [1.29, 1.82) is 5.26 Å². The first-order valence-corrected chi connectivity index (χ1v) is 8.23. The summed E-state index contributed by atoms with van der Waals surface area (Å²) in [6, 6.07) is 16.4. The van der Waals surface area contributed by atoms with Gasteiger partial charge in [0.05, 0.1) is 29.7 Å². The number of nitrogens with one attached hydrogen (secondary N) is 1. The van der Waals surface area contributed by atoms with Crippen molar-refractivity contribution < 1.29 is 9.53 Å². The Labute approximate surface area is 151 Å². The van der Waals surface area contributed by atoms with Gasteiger partial charge in [-0.25, -0.2) is 4.68 Å². The second-order valence-electron chi connectivity index (χ2n) is 5.69. The zero-order chi connectivity index (χ0) is 18.4. The predicted molar refractivity (Wildman–Crippen MR) is 97.8 cm³/mol. The highest BCUT2D eigenvalue weighted by Gasteiger charge is 2.08. The first-order chi connectivity index (χ1) is 12.7. The van der Waals surface area contributed by atoms with Crippen molar-refractivity contribution in [3.63, 3.8) is 0 Å². The van der Waals surface area contributed by atoms with E-state index < -0.39 is 0 Å². The SMILES string of the molecule is CCc1ccc(OCn2cc(NC(=O)c3cccc(C#N)c3)cn2)cc1. The van der Waals surface area contributed by atoms with E-state index in [4.69, 9.17) is 10.00 Å². The lowest BCUT2D eigenvalue weighted by Crippen LogP contribution is -2.11. The van der Waals surface area contributed by atoms with Crippen LogP contribution >= 0.6 is 0 Å². The van der Waals surface area contributed by atoms with Crippen molar-refractivity contribution in [2.75, 3.05) is 5.32 Å². The molecule has 0 saturated carbocycles. The maximum Gasteiger partial charge on any atom is 0.255 e. The summed E-state index contributed by atoms with van der Waals surface area (Å²) in [6.07, 6.45) is 4.22. The number of nitriles is 1. The molecule has 0 unspecified atom stereocenters. The van der Waals surface area contributed by atoms with E-state index in [1.54, 1.807) is 41.3 Å². The molecule has 2 aromatic carbocycles. The minimum atomic E-state index is -0.294. The third kappa shape index (κ3) is 4.28. The van der Waals surface area contributed by atoms with Gasteiger partial charge in [-0.15, -0.1) is 0 Å². The van der Waals surface area contributed by atoms with Gasteiger partial charge < -0.3 is 10.1 Å². The van der Waals surface area contributed by atoms with Crippen LogP contribution in [0.2, 0.25) is 0 Å². The lowest BCUT2D eigenvalue weighted by Gasteiger charge is -2.06. The predicted octanol–water partition coefficient (Wildman–Crippen LogP) is 3.61. The number of ether oxygens (including phenoxy) is 1. The van der Waals surface area contributed by atoms with E-state index in [1.807, 2.05) is 30.3 Å². The average Bonchev–Trinajstić information content (AvgIpc) is 3.14. The smallest absolute Gasteiger partial charge is 0.255 e. The minimum absolute atomic E-state index is 0.241. The van der Waals surface area contributed by atoms with Crippen LogP contribution in [0.3, 0.4) is 0 Å². The highest BCUT2D eigenvalue weighted by atomic mass is 16.5. The molecule has 0 bridgehead atoms. The number of carbonyl (C=O) groups is 1. The highest BCUT2D eigenvalue weighted by Crippen LogP contribution is 2.14. The summed E-state index contributed by atoms with van der Waals surface area (Å²) in [6.45, 7) is 2.34. The van der Waals surface area contributed by atoms with Gasteiger partial charge in [0.2, 0.25) is 0 Å². The lowest BCUT2D eigenvalue weighted by atomic mass is 10.1. The van der Waals surface area contributed by atoms with Gasteiger partial charge >= 0.3 is 0 Å². The van der Waals surface area contributed by atoms with Crippen molar-refractivity contribution >= 4 is 11.6 Å². The fourth-order valence-corrected chi connectivity index (χ4v) is 2.39. The number of benzene rings is 2.